The van der Waals surface area contributed by atoms with Crippen LogP contribution in [0.3, 0.4) is 0 Å². The maximum atomic E-state index is 13.0. The molecule has 0 unspecified atom stereocenters. The van der Waals surface area contributed by atoms with Gasteiger partial charge in [0.1, 0.15) is 33.4 Å². The predicted molar refractivity (Wildman–Crippen MR) is 175 cm³/mol. The first-order valence-corrected chi connectivity index (χ1v) is 15.5. The number of carbonyl (C=O) groups excluding carboxylic acids is 4. The van der Waals surface area contributed by atoms with Gasteiger partial charge in [0, 0.05) is 11.1 Å². The molecule has 0 heterocycles. The summed E-state index contributed by atoms with van der Waals surface area (Å²) in [5.41, 5.74) is 1.12. The number of fused-ring (bicyclic) bond motifs is 2. The molecule has 4 rings (SSSR count). The second-order valence-electron chi connectivity index (χ2n) is 11.0. The van der Waals surface area contributed by atoms with Crippen molar-refractivity contribution in [3.63, 3.8) is 0 Å². The van der Waals surface area contributed by atoms with E-state index in [-0.39, 0.29) is 37.6 Å². The Morgan fingerprint density at radius 1 is 0.568 bits per heavy atom. The quantitative estimate of drug-likeness (QED) is 0.0881. The fraction of sp³-hybridized carbons (Fsp3) is 0.294. The monoisotopic (exact) mass is 726 g/mol. The van der Waals surface area contributed by atoms with Gasteiger partial charge in [0.2, 0.25) is 0 Å². The molecule has 44 heavy (non-hydrogen) atoms. The highest BCUT2D eigenvalue weighted by Gasteiger charge is 2.27. The van der Waals surface area contributed by atoms with Gasteiger partial charge >= 0.3 is 23.9 Å². The zero-order chi connectivity index (χ0) is 32.1. The van der Waals surface area contributed by atoms with E-state index >= 15 is 0 Å². The highest BCUT2D eigenvalue weighted by atomic mass is 79.9. The van der Waals surface area contributed by atoms with Crippen LogP contribution in [0.4, 0.5) is 0 Å². The molecule has 0 bridgehead atoms. The fourth-order valence-electron chi connectivity index (χ4n) is 4.33. The Morgan fingerprint density at radius 3 is 1.30 bits per heavy atom. The lowest BCUT2D eigenvalue weighted by molar-refractivity contribution is -0.148. The molecule has 0 saturated heterocycles. The van der Waals surface area contributed by atoms with E-state index in [1.807, 2.05) is 60.7 Å². The second kappa shape index (κ2) is 13.9. The lowest BCUT2D eigenvalue weighted by Gasteiger charge is -2.19. The molecule has 0 atom stereocenters. The number of benzene rings is 4. The summed E-state index contributed by atoms with van der Waals surface area (Å²) in [4.78, 5) is 50.1. The molecule has 0 spiro atoms. The van der Waals surface area contributed by atoms with Crippen LogP contribution in [0, 0.1) is 0 Å². The summed E-state index contributed by atoms with van der Waals surface area (Å²) < 4.78 is 20.4. The number of rotatable bonds is 11. The van der Waals surface area contributed by atoms with Crippen molar-refractivity contribution in [1.82, 2.24) is 0 Å². The lowest BCUT2D eigenvalue weighted by Crippen LogP contribution is -2.27. The van der Waals surface area contributed by atoms with Crippen LogP contribution in [0.1, 0.15) is 40.5 Å². The smallest absolute Gasteiger partial charge is 0.322 e. The summed E-state index contributed by atoms with van der Waals surface area (Å²) in [6, 6.07) is 22.3. The van der Waals surface area contributed by atoms with Gasteiger partial charge in [-0.2, -0.15) is 0 Å². The molecule has 4 aromatic carbocycles. The number of ether oxygens (including phenoxy) is 4. The van der Waals surface area contributed by atoms with E-state index in [9.17, 15) is 19.2 Å². The molecule has 0 saturated carbocycles. The van der Waals surface area contributed by atoms with E-state index in [1.54, 1.807) is 39.8 Å². The molecule has 0 fully saturated rings. The Kier molecular flexibility index (Phi) is 10.5. The number of esters is 4. The van der Waals surface area contributed by atoms with Crippen LogP contribution in [0.2, 0.25) is 0 Å². The van der Waals surface area contributed by atoms with Crippen molar-refractivity contribution < 1.29 is 38.1 Å². The summed E-state index contributed by atoms with van der Waals surface area (Å²) in [5, 5.41) is 3.30. The summed E-state index contributed by atoms with van der Waals surface area (Å²) in [5.74, 6) is -1.69. The van der Waals surface area contributed by atoms with Gasteiger partial charge in [-0.1, -0.05) is 92.5 Å². The number of halogens is 2. The Labute approximate surface area is 272 Å². The van der Waals surface area contributed by atoms with Gasteiger partial charge in [-0.05, 0) is 61.4 Å². The van der Waals surface area contributed by atoms with Crippen LogP contribution >= 0.6 is 31.9 Å². The molecule has 0 aromatic heterocycles. The molecule has 0 aliphatic heterocycles. The summed E-state index contributed by atoms with van der Waals surface area (Å²) >= 11 is 6.49. The van der Waals surface area contributed by atoms with E-state index in [0.717, 1.165) is 21.5 Å². The molecular weight excluding hydrogens is 696 g/mol. The number of carbonyl (C=O) groups is 4. The average Bonchev–Trinajstić information content (AvgIpc) is 2.96. The Bertz CT molecular complexity index is 1590. The van der Waals surface area contributed by atoms with Gasteiger partial charge in [0.25, 0.3) is 0 Å². The minimum absolute atomic E-state index is 0.149. The normalized spacial score (nSPS) is 11.7. The van der Waals surface area contributed by atoms with Crippen molar-refractivity contribution in [2.24, 2.45) is 0 Å². The van der Waals surface area contributed by atoms with Crippen LogP contribution < -0.4 is 9.47 Å². The lowest BCUT2D eigenvalue weighted by atomic mass is 9.92. The molecule has 230 valence electrons. The largest absolute Gasteiger partial charge is 0.464 e. The first-order valence-electron chi connectivity index (χ1n) is 13.9. The maximum Gasteiger partial charge on any atom is 0.322 e. The van der Waals surface area contributed by atoms with Crippen LogP contribution in [0.25, 0.3) is 32.7 Å². The number of hydrogen-bond donors (Lipinski definition) is 0. The summed E-state index contributed by atoms with van der Waals surface area (Å²) in [6.07, 6.45) is -0.329. The highest BCUT2D eigenvalue weighted by molar-refractivity contribution is 9.10. The molecule has 8 nitrogen and oxygen atoms in total. The average molecular weight is 728 g/mol. The number of hydrogen-bond acceptors (Lipinski definition) is 8. The van der Waals surface area contributed by atoms with E-state index in [2.05, 4.69) is 31.9 Å². The summed E-state index contributed by atoms with van der Waals surface area (Å²) in [6.45, 7) is 6.31. The van der Waals surface area contributed by atoms with Gasteiger partial charge in [-0.3, -0.25) is 19.2 Å². The van der Waals surface area contributed by atoms with Crippen LogP contribution in [-0.2, 0) is 28.7 Å². The molecule has 0 aliphatic carbocycles. The van der Waals surface area contributed by atoms with Crippen molar-refractivity contribution in [3.05, 3.63) is 72.8 Å². The SMILES string of the molecule is CC(C)(Br)C(=O)OCCC(=O)Oc1ccc2ccccc2c1-c1c(OC(=O)CCOC(=O)C(C)(C)Br)ccc2ccccc12. The van der Waals surface area contributed by atoms with Gasteiger partial charge in [0.05, 0.1) is 12.8 Å². The van der Waals surface area contributed by atoms with E-state index < -0.39 is 32.5 Å². The van der Waals surface area contributed by atoms with Crippen LogP contribution in [-0.4, -0.2) is 45.7 Å². The van der Waals surface area contributed by atoms with Crippen molar-refractivity contribution in [2.45, 2.75) is 49.2 Å². The van der Waals surface area contributed by atoms with Crippen molar-refractivity contribution in [2.75, 3.05) is 13.2 Å². The molecule has 0 N–H and O–H groups in total. The summed E-state index contributed by atoms with van der Waals surface area (Å²) in [7, 11) is 0. The van der Waals surface area contributed by atoms with Gasteiger partial charge in [-0.25, -0.2) is 0 Å². The molecule has 0 radical (unpaired) electrons. The van der Waals surface area contributed by atoms with Crippen molar-refractivity contribution >= 4 is 77.3 Å². The first-order chi connectivity index (χ1) is 20.8. The Morgan fingerprint density at radius 2 is 0.932 bits per heavy atom. The van der Waals surface area contributed by atoms with E-state index in [1.165, 1.54) is 0 Å². The minimum atomic E-state index is -0.878. The van der Waals surface area contributed by atoms with E-state index in [4.69, 9.17) is 18.9 Å². The molecule has 10 heteroatoms. The van der Waals surface area contributed by atoms with Gasteiger partial charge in [-0.15, -0.1) is 0 Å². The molecule has 4 aromatic rings. The highest BCUT2D eigenvalue weighted by Crippen LogP contribution is 2.45. The van der Waals surface area contributed by atoms with Crippen LogP contribution in [0.15, 0.2) is 72.8 Å². The fourth-order valence-corrected chi connectivity index (χ4v) is 4.56. The third kappa shape index (κ3) is 8.24. The molecule has 0 aliphatic rings. The first kappa shape index (κ1) is 33.1. The standard InChI is InChI=1S/C34H32Br2O8/c1-33(2,35)31(39)41-19-17-27(37)43-25-15-13-21-9-5-7-11-23(21)29(25)30-24-12-8-6-10-22(24)14-16-26(30)44-28(38)18-20-42-32(40)34(3,4)36/h5-16H,17-20H2,1-4H3. The minimum Gasteiger partial charge on any atom is -0.464 e. The molecule has 0 amide bonds. The third-order valence-corrected chi connectivity index (χ3v) is 7.18. The third-order valence-electron chi connectivity index (χ3n) is 6.53. The second-order valence-corrected chi connectivity index (χ2v) is 14.9. The van der Waals surface area contributed by atoms with Gasteiger partial charge in [0.15, 0.2) is 0 Å². The van der Waals surface area contributed by atoms with Crippen LogP contribution in [0.5, 0.6) is 11.5 Å². The Balaban J connectivity index is 1.71. The maximum absolute atomic E-state index is 13.0. The van der Waals surface area contributed by atoms with Crippen molar-refractivity contribution in [1.29, 1.82) is 0 Å². The molecular formula is C34H32Br2O8. The van der Waals surface area contributed by atoms with Gasteiger partial charge < -0.3 is 18.9 Å². The van der Waals surface area contributed by atoms with Crippen molar-refractivity contribution in [3.8, 4) is 22.6 Å². The zero-order valence-electron chi connectivity index (χ0n) is 24.8. The topological polar surface area (TPSA) is 105 Å². The number of alkyl halides is 2. The zero-order valence-corrected chi connectivity index (χ0v) is 28.0. The van der Waals surface area contributed by atoms with E-state index in [0.29, 0.717) is 11.1 Å². The predicted octanol–water partition coefficient (Wildman–Crippen LogP) is 7.68. The Hall–Kier alpha value is -3.76.